The van der Waals surface area contributed by atoms with E-state index < -0.39 is 0 Å². The van der Waals surface area contributed by atoms with Gasteiger partial charge < -0.3 is 0 Å². The Hall–Kier alpha value is -2.74. The Bertz CT molecular complexity index is 833. The van der Waals surface area contributed by atoms with Crippen molar-refractivity contribution in [1.29, 1.82) is 0 Å². The van der Waals surface area contributed by atoms with Crippen molar-refractivity contribution in [2.45, 2.75) is 6.92 Å². The molecule has 0 aromatic heterocycles. The number of fused-ring (bicyclic) bond motifs is 1. The quantitative estimate of drug-likeness (QED) is 0.668. The van der Waals surface area contributed by atoms with Crippen LogP contribution in [0, 0.1) is 0 Å². The molecule has 0 bridgehead atoms. The van der Waals surface area contributed by atoms with Crippen LogP contribution < -0.4 is 0 Å². The van der Waals surface area contributed by atoms with Gasteiger partial charge in [0, 0.05) is 16.7 Å². The van der Waals surface area contributed by atoms with Gasteiger partial charge in [0.25, 0.3) is 0 Å². The number of Topliss-reactive ketones (excluding diaryl/α,β-unsaturated/α-hetero) is 1. The van der Waals surface area contributed by atoms with E-state index in [1.807, 2.05) is 48.5 Å². The van der Waals surface area contributed by atoms with Crippen molar-refractivity contribution in [3.05, 3.63) is 83.4 Å². The van der Waals surface area contributed by atoms with Gasteiger partial charge in [0.2, 0.25) is 0 Å². The van der Waals surface area contributed by atoms with Crippen molar-refractivity contribution in [1.82, 2.24) is 0 Å². The second-order valence-electron chi connectivity index (χ2n) is 5.00. The first kappa shape index (κ1) is 13.3. The maximum atomic E-state index is 12.7. The van der Waals surface area contributed by atoms with Crippen LogP contribution in [-0.4, -0.2) is 11.6 Å². The molecular formula is C19H14O2. The van der Waals surface area contributed by atoms with Crippen LogP contribution in [0.4, 0.5) is 0 Å². The highest BCUT2D eigenvalue weighted by atomic mass is 16.1. The predicted molar refractivity (Wildman–Crippen MR) is 83.8 cm³/mol. The van der Waals surface area contributed by atoms with Crippen molar-refractivity contribution < 1.29 is 9.59 Å². The normalized spacial score (nSPS) is 10.5. The summed E-state index contributed by atoms with van der Waals surface area (Å²) in [5.41, 5.74) is 1.76. The van der Waals surface area contributed by atoms with Gasteiger partial charge in [-0.05, 0) is 29.8 Å². The van der Waals surface area contributed by atoms with Crippen LogP contribution in [0.15, 0.2) is 66.7 Å². The van der Waals surface area contributed by atoms with Crippen LogP contribution in [0.25, 0.3) is 10.8 Å². The van der Waals surface area contributed by atoms with Crippen molar-refractivity contribution in [3.63, 3.8) is 0 Å². The van der Waals surface area contributed by atoms with E-state index in [1.54, 1.807) is 18.2 Å². The Morgan fingerprint density at radius 3 is 2.14 bits per heavy atom. The molecule has 0 aliphatic heterocycles. The molecule has 0 N–H and O–H groups in total. The third kappa shape index (κ3) is 2.48. The SMILES string of the molecule is CC(=O)c1cc(C(=O)c2ccccc2)c2ccccc2c1. The molecule has 3 aromatic carbocycles. The minimum absolute atomic E-state index is 0.0390. The monoisotopic (exact) mass is 274 g/mol. The third-order valence-electron chi connectivity index (χ3n) is 3.55. The van der Waals surface area contributed by atoms with E-state index in [1.165, 1.54) is 6.92 Å². The third-order valence-corrected chi connectivity index (χ3v) is 3.55. The van der Waals surface area contributed by atoms with Gasteiger partial charge in [-0.3, -0.25) is 9.59 Å². The summed E-state index contributed by atoms with van der Waals surface area (Å²) in [4.78, 5) is 24.4. The minimum Gasteiger partial charge on any atom is -0.295 e. The zero-order valence-corrected chi connectivity index (χ0v) is 11.7. The van der Waals surface area contributed by atoms with E-state index in [0.29, 0.717) is 16.7 Å². The Morgan fingerprint density at radius 1 is 0.762 bits per heavy atom. The van der Waals surface area contributed by atoms with Crippen LogP contribution in [-0.2, 0) is 0 Å². The Kier molecular flexibility index (Phi) is 3.36. The Labute approximate surface area is 123 Å². The molecule has 0 saturated carbocycles. The zero-order valence-electron chi connectivity index (χ0n) is 11.7. The van der Waals surface area contributed by atoms with Gasteiger partial charge in [0.1, 0.15) is 0 Å². The Morgan fingerprint density at radius 2 is 1.43 bits per heavy atom. The summed E-state index contributed by atoms with van der Waals surface area (Å²) in [6.07, 6.45) is 0. The van der Waals surface area contributed by atoms with Crippen molar-refractivity contribution >= 4 is 22.3 Å². The largest absolute Gasteiger partial charge is 0.295 e. The zero-order chi connectivity index (χ0) is 14.8. The fourth-order valence-corrected chi connectivity index (χ4v) is 2.45. The molecule has 0 radical (unpaired) electrons. The first-order chi connectivity index (χ1) is 10.2. The molecule has 3 rings (SSSR count). The van der Waals surface area contributed by atoms with Crippen LogP contribution in [0.1, 0.15) is 33.2 Å². The lowest BCUT2D eigenvalue weighted by atomic mass is 9.94. The lowest BCUT2D eigenvalue weighted by Crippen LogP contribution is -2.04. The molecule has 0 spiro atoms. The first-order valence-electron chi connectivity index (χ1n) is 6.80. The molecule has 0 fully saturated rings. The van der Waals surface area contributed by atoms with Gasteiger partial charge in [0.15, 0.2) is 11.6 Å². The van der Waals surface area contributed by atoms with Crippen LogP contribution >= 0.6 is 0 Å². The molecular weight excluding hydrogens is 260 g/mol. The number of carbonyl (C=O) groups is 2. The average Bonchev–Trinajstić information content (AvgIpc) is 2.54. The average molecular weight is 274 g/mol. The highest BCUT2D eigenvalue weighted by Gasteiger charge is 2.14. The van der Waals surface area contributed by atoms with Gasteiger partial charge in [-0.2, -0.15) is 0 Å². The summed E-state index contributed by atoms with van der Waals surface area (Å²) in [7, 11) is 0. The maximum Gasteiger partial charge on any atom is 0.193 e. The second kappa shape index (κ2) is 5.33. The molecule has 0 amide bonds. The molecule has 0 aliphatic carbocycles. The number of carbonyl (C=O) groups excluding carboxylic acids is 2. The standard InChI is InChI=1S/C19H14O2/c1-13(20)16-11-15-9-5-6-10-17(15)18(12-16)19(21)14-7-3-2-4-8-14/h2-12H,1H3. The topological polar surface area (TPSA) is 34.1 Å². The summed E-state index contributed by atoms with van der Waals surface area (Å²) >= 11 is 0. The molecule has 102 valence electrons. The molecule has 0 unspecified atom stereocenters. The van der Waals surface area contributed by atoms with Gasteiger partial charge in [-0.25, -0.2) is 0 Å². The van der Waals surface area contributed by atoms with Crippen molar-refractivity contribution in [2.75, 3.05) is 0 Å². The van der Waals surface area contributed by atoms with E-state index in [9.17, 15) is 9.59 Å². The molecule has 0 heterocycles. The van der Waals surface area contributed by atoms with Gasteiger partial charge in [0.05, 0.1) is 0 Å². The molecule has 0 saturated heterocycles. The summed E-state index contributed by atoms with van der Waals surface area (Å²) in [6, 6.07) is 20.3. The predicted octanol–water partition coefficient (Wildman–Crippen LogP) is 4.27. The lowest BCUT2D eigenvalue weighted by Gasteiger charge is -2.08. The van der Waals surface area contributed by atoms with Gasteiger partial charge in [-0.1, -0.05) is 54.6 Å². The molecule has 0 atom stereocenters. The summed E-state index contributed by atoms with van der Waals surface area (Å²) < 4.78 is 0. The van der Waals surface area contributed by atoms with Gasteiger partial charge in [-0.15, -0.1) is 0 Å². The number of benzene rings is 3. The lowest BCUT2D eigenvalue weighted by molar-refractivity contribution is 0.101. The molecule has 2 heteroatoms. The van der Waals surface area contributed by atoms with Crippen LogP contribution in [0.5, 0.6) is 0 Å². The highest BCUT2D eigenvalue weighted by molar-refractivity contribution is 6.18. The van der Waals surface area contributed by atoms with Crippen LogP contribution in [0.2, 0.25) is 0 Å². The maximum absolute atomic E-state index is 12.7. The highest BCUT2D eigenvalue weighted by Crippen LogP contribution is 2.24. The summed E-state index contributed by atoms with van der Waals surface area (Å²) in [5, 5.41) is 1.78. The molecule has 2 nitrogen and oxygen atoms in total. The van der Waals surface area contributed by atoms with E-state index in [2.05, 4.69) is 0 Å². The molecule has 21 heavy (non-hydrogen) atoms. The van der Waals surface area contributed by atoms with Crippen molar-refractivity contribution in [2.24, 2.45) is 0 Å². The van der Waals surface area contributed by atoms with E-state index in [0.717, 1.165) is 10.8 Å². The first-order valence-corrected chi connectivity index (χ1v) is 6.80. The fraction of sp³-hybridized carbons (Fsp3) is 0.0526. The fourth-order valence-electron chi connectivity index (χ4n) is 2.45. The van der Waals surface area contributed by atoms with Crippen LogP contribution in [0.3, 0.4) is 0 Å². The summed E-state index contributed by atoms with van der Waals surface area (Å²) in [6.45, 7) is 1.51. The minimum atomic E-state index is -0.0603. The molecule has 3 aromatic rings. The van der Waals surface area contributed by atoms with Crippen molar-refractivity contribution in [3.8, 4) is 0 Å². The van der Waals surface area contributed by atoms with E-state index in [-0.39, 0.29) is 11.6 Å². The van der Waals surface area contributed by atoms with E-state index >= 15 is 0 Å². The smallest absolute Gasteiger partial charge is 0.193 e. The Balaban J connectivity index is 2.25. The van der Waals surface area contributed by atoms with Gasteiger partial charge >= 0.3 is 0 Å². The summed E-state index contributed by atoms with van der Waals surface area (Å²) in [5.74, 6) is -0.0993. The number of hydrogen-bond donors (Lipinski definition) is 0. The number of ketones is 2. The molecule has 0 aliphatic rings. The number of hydrogen-bond acceptors (Lipinski definition) is 2. The second-order valence-corrected chi connectivity index (χ2v) is 5.00. The number of rotatable bonds is 3. The van der Waals surface area contributed by atoms with E-state index in [4.69, 9.17) is 0 Å².